The molecule has 1 aliphatic rings. The van der Waals surface area contributed by atoms with Crippen molar-refractivity contribution < 1.29 is 37.9 Å². The molecule has 6 heterocycles. The van der Waals surface area contributed by atoms with Gasteiger partial charge in [-0.15, -0.1) is 0 Å². The van der Waals surface area contributed by atoms with Crippen molar-refractivity contribution in [3.05, 3.63) is 218 Å². The van der Waals surface area contributed by atoms with E-state index in [2.05, 4.69) is 246 Å². The molecule has 0 aliphatic heterocycles. The van der Waals surface area contributed by atoms with Gasteiger partial charge in [0.1, 0.15) is 46.0 Å². The van der Waals surface area contributed by atoms with E-state index in [0.29, 0.717) is 0 Å². The van der Waals surface area contributed by atoms with Crippen molar-refractivity contribution in [2.45, 2.75) is 24.9 Å². The third-order valence-corrected chi connectivity index (χ3v) is 21.2. The van der Waals surface area contributed by atoms with Gasteiger partial charge in [-0.05, 0) is 231 Å². The average Bonchev–Trinajstić information content (AvgIpc) is 1.64. The van der Waals surface area contributed by atoms with Gasteiger partial charge < -0.3 is 65.3 Å². The molecule has 14 heteroatoms. The van der Waals surface area contributed by atoms with E-state index in [1.807, 2.05) is 0 Å². The van der Waals surface area contributed by atoms with Gasteiger partial charge in [-0.3, -0.25) is 0 Å². The molecule has 18 aromatic rings. The minimum atomic E-state index is 0.0655. The van der Waals surface area contributed by atoms with Gasteiger partial charge in [0, 0.05) is 109 Å². The maximum atomic E-state index is 5.84. The molecule has 19 rings (SSSR count). The number of hydrogen-bond donors (Lipinski definition) is 0. The first kappa shape index (κ1) is 57.3. The Labute approximate surface area is 562 Å². The monoisotopic (exact) mass is 1290 g/mol. The second-order valence-electron chi connectivity index (χ2n) is 25.7. The zero-order valence-corrected chi connectivity index (χ0v) is 55.3. The molecule has 0 saturated heterocycles. The minimum absolute atomic E-state index is 0.0655. The van der Waals surface area contributed by atoms with Crippen LogP contribution in [-0.4, -0.2) is 84.3 Å². The quantitative estimate of drug-likeness (QED) is 0.106. The Morgan fingerprint density at radius 2 is 0.347 bits per heavy atom. The smallest absolute Gasteiger partial charge is 0.119 e. The predicted octanol–water partition coefficient (Wildman–Crippen LogP) is 19.9. The van der Waals surface area contributed by atoms with Gasteiger partial charge in [0.05, 0.1) is 113 Å². The van der Waals surface area contributed by atoms with Gasteiger partial charge in [0.15, 0.2) is 0 Å². The second kappa shape index (κ2) is 21.7. The Hall–Kier alpha value is -12.2. The highest BCUT2D eigenvalue weighted by atomic mass is 16.5. The highest BCUT2D eigenvalue weighted by molar-refractivity contribution is 6.17. The predicted molar refractivity (Wildman–Crippen MR) is 396 cm³/mol. The van der Waals surface area contributed by atoms with Crippen molar-refractivity contribution in [3.8, 4) is 68.7 Å². The van der Waals surface area contributed by atoms with Crippen molar-refractivity contribution in [2.24, 2.45) is 0 Å². The molecule has 0 spiro atoms. The number of aromatic nitrogens is 6. The molecule has 2 atom stereocenters. The van der Waals surface area contributed by atoms with E-state index in [1.54, 1.807) is 56.9 Å². The lowest BCUT2D eigenvalue weighted by molar-refractivity contribution is 0.205. The first-order chi connectivity index (χ1) is 48.2. The molecule has 0 bridgehead atoms. The molecule has 1 aliphatic carbocycles. The fourth-order valence-corrected chi connectivity index (χ4v) is 16.5. The summed E-state index contributed by atoms with van der Waals surface area (Å²) in [5.41, 5.74) is 17.5. The third-order valence-electron chi connectivity index (χ3n) is 21.2. The summed E-state index contributed by atoms with van der Waals surface area (Å²) in [5, 5.41) is 13.3. The summed E-state index contributed by atoms with van der Waals surface area (Å²) in [6.45, 7) is 0. The standard InChI is InChI=1S/C84H66N6O8/c1-91-51-13-25-71-63(39-51)64-40-52(92-2)14-26-72(64)85(71)47-9-21-79-59(35-47)60-36-48(86-73-27-15-53(93-3)41-65(73)66-42-54(94-4)16-28-74(66)86)10-22-80(60)89(79)83-33-34-84(83)90-81-23-11-49(87-75-29-17-55(95-5)43-67(75)68-44-56(96-6)18-30-76(68)87)37-61(81)62-38-50(12-24-82(62)90)88-77-31-19-57(97-7)45-69(77)70-46-58(98-8)20-32-78(70)88/h9-32,35-46,83-84H,33-34H2,1-8H3. The molecule has 98 heavy (non-hydrogen) atoms. The molecule has 0 amide bonds. The van der Waals surface area contributed by atoms with Crippen LogP contribution in [0, 0.1) is 0 Å². The number of ether oxygens (including phenoxy) is 8. The SMILES string of the molecule is COc1ccc2c(c1)c1cc(OC)ccc1n2-c1ccc2c(c1)c1cc(-n3c4ccc(OC)cc4c4cc(OC)ccc43)ccc1n2C1CCC1n1c2ccc(-n3c4ccc(OC)cc4c4cc(OC)ccc43)cc2c2cc(-n3c4ccc(OC)cc4c4cc(OC)ccc43)ccc21. The number of methoxy groups -OCH3 is 8. The number of fused-ring (bicyclic) bond motifs is 18. The van der Waals surface area contributed by atoms with Gasteiger partial charge in [-0.1, -0.05) is 0 Å². The van der Waals surface area contributed by atoms with E-state index < -0.39 is 0 Å². The van der Waals surface area contributed by atoms with Crippen molar-refractivity contribution >= 4 is 131 Å². The van der Waals surface area contributed by atoms with Crippen molar-refractivity contribution in [1.82, 2.24) is 27.4 Å². The van der Waals surface area contributed by atoms with Gasteiger partial charge in [-0.25, -0.2) is 0 Å². The molecule has 0 N–H and O–H groups in total. The number of nitrogens with zero attached hydrogens (tertiary/aromatic N) is 6. The molecule has 12 aromatic carbocycles. The van der Waals surface area contributed by atoms with Crippen LogP contribution in [-0.2, 0) is 0 Å². The number of rotatable bonds is 14. The number of benzene rings is 12. The van der Waals surface area contributed by atoms with Crippen LogP contribution in [0.3, 0.4) is 0 Å². The largest absolute Gasteiger partial charge is 0.497 e. The normalized spacial score (nSPS) is 14.2. The Bertz CT molecular complexity index is 5410. The summed E-state index contributed by atoms with van der Waals surface area (Å²) in [5.74, 6) is 6.36. The van der Waals surface area contributed by atoms with Crippen molar-refractivity contribution in [1.29, 1.82) is 0 Å². The summed E-state index contributed by atoms with van der Waals surface area (Å²) < 4.78 is 61.6. The first-order valence-corrected chi connectivity index (χ1v) is 33.0. The summed E-state index contributed by atoms with van der Waals surface area (Å²) in [6, 6.07) is 79.3. The zero-order valence-electron chi connectivity index (χ0n) is 55.3. The molecular formula is C84H66N6O8. The Kier molecular flexibility index (Phi) is 12.7. The van der Waals surface area contributed by atoms with E-state index in [-0.39, 0.29) is 12.1 Å². The molecular weight excluding hydrogens is 1220 g/mol. The molecule has 480 valence electrons. The summed E-state index contributed by atoms with van der Waals surface area (Å²) >= 11 is 0. The van der Waals surface area contributed by atoms with E-state index in [4.69, 9.17) is 37.9 Å². The summed E-state index contributed by atoms with van der Waals surface area (Å²) in [4.78, 5) is 0. The molecule has 14 nitrogen and oxygen atoms in total. The number of hydrogen-bond acceptors (Lipinski definition) is 8. The van der Waals surface area contributed by atoms with E-state index in [0.717, 1.165) is 190 Å². The van der Waals surface area contributed by atoms with Crippen LogP contribution in [0.5, 0.6) is 46.0 Å². The van der Waals surface area contributed by atoms with Crippen LogP contribution in [0.15, 0.2) is 218 Å². The third kappa shape index (κ3) is 8.20. The fourth-order valence-electron chi connectivity index (χ4n) is 16.5. The zero-order chi connectivity index (χ0) is 65.9. The van der Waals surface area contributed by atoms with Gasteiger partial charge in [-0.2, -0.15) is 0 Å². The molecule has 1 saturated carbocycles. The van der Waals surface area contributed by atoms with Crippen LogP contribution in [0.2, 0.25) is 0 Å². The average molecular weight is 1290 g/mol. The van der Waals surface area contributed by atoms with Crippen LogP contribution in [0.1, 0.15) is 24.9 Å². The van der Waals surface area contributed by atoms with E-state index >= 15 is 0 Å². The molecule has 6 aromatic heterocycles. The first-order valence-electron chi connectivity index (χ1n) is 33.0. The van der Waals surface area contributed by atoms with Crippen LogP contribution in [0.25, 0.3) is 154 Å². The highest BCUT2D eigenvalue weighted by Gasteiger charge is 2.38. The lowest BCUT2D eigenvalue weighted by Gasteiger charge is -2.40. The molecule has 0 radical (unpaired) electrons. The van der Waals surface area contributed by atoms with Gasteiger partial charge in [0.25, 0.3) is 0 Å². The topological polar surface area (TPSA) is 103 Å². The van der Waals surface area contributed by atoms with Crippen LogP contribution < -0.4 is 37.9 Å². The molecule has 1 fully saturated rings. The Balaban J connectivity index is 0.847. The summed E-state index contributed by atoms with van der Waals surface area (Å²) in [6.07, 6.45) is 1.94. The van der Waals surface area contributed by atoms with Crippen molar-refractivity contribution in [3.63, 3.8) is 0 Å². The van der Waals surface area contributed by atoms with Crippen molar-refractivity contribution in [2.75, 3.05) is 56.9 Å². The summed E-state index contributed by atoms with van der Waals surface area (Å²) in [7, 11) is 13.8. The second-order valence-corrected chi connectivity index (χ2v) is 25.7. The highest BCUT2D eigenvalue weighted by Crippen LogP contribution is 2.52. The van der Waals surface area contributed by atoms with E-state index in [1.165, 1.54) is 22.1 Å². The lowest BCUT2D eigenvalue weighted by Crippen LogP contribution is -2.31. The van der Waals surface area contributed by atoms with Gasteiger partial charge in [0.2, 0.25) is 0 Å². The molecule has 2 unspecified atom stereocenters. The van der Waals surface area contributed by atoms with E-state index in [9.17, 15) is 0 Å². The fraction of sp³-hybridized carbons (Fsp3) is 0.143. The lowest BCUT2D eigenvalue weighted by atomic mass is 9.85. The van der Waals surface area contributed by atoms with Gasteiger partial charge >= 0.3 is 0 Å². The van der Waals surface area contributed by atoms with Crippen LogP contribution >= 0.6 is 0 Å². The Morgan fingerprint density at radius 1 is 0.194 bits per heavy atom. The Morgan fingerprint density at radius 3 is 0.500 bits per heavy atom. The maximum Gasteiger partial charge on any atom is 0.119 e. The minimum Gasteiger partial charge on any atom is -0.497 e. The maximum absolute atomic E-state index is 5.84. The van der Waals surface area contributed by atoms with Crippen LogP contribution in [0.4, 0.5) is 0 Å².